The largest absolute Gasteiger partial charge is 0.481 e. The van der Waals surface area contributed by atoms with Gasteiger partial charge in [-0.25, -0.2) is 0 Å². The van der Waals surface area contributed by atoms with Gasteiger partial charge in [0.1, 0.15) is 0 Å². The van der Waals surface area contributed by atoms with Crippen LogP contribution in [0.5, 0.6) is 0 Å². The molecule has 0 spiro atoms. The van der Waals surface area contributed by atoms with E-state index in [4.69, 9.17) is 5.11 Å². The van der Waals surface area contributed by atoms with Crippen LogP contribution in [0.4, 0.5) is 5.69 Å². The van der Waals surface area contributed by atoms with E-state index in [-0.39, 0.29) is 36.1 Å². The number of carbonyl (C=O) groups excluding carboxylic acids is 2. The molecule has 1 unspecified atom stereocenters. The fraction of sp³-hybridized carbons (Fsp3) is 0.471. The quantitative estimate of drug-likeness (QED) is 0.879. The summed E-state index contributed by atoms with van der Waals surface area (Å²) in [6.07, 6.45) is 1.96. The zero-order valence-corrected chi connectivity index (χ0v) is 12.8. The molecule has 2 aliphatic rings. The minimum Gasteiger partial charge on any atom is -0.481 e. The van der Waals surface area contributed by atoms with Crippen molar-refractivity contribution in [2.45, 2.75) is 31.7 Å². The van der Waals surface area contributed by atoms with E-state index in [2.05, 4.69) is 5.32 Å². The SMILES string of the molecule is O=C(N[C@H]1CC[C@@H](C(=O)O)C1)C1CC(=O)N(c2ccccc2)C1. The molecule has 2 N–H and O–H groups in total. The number of hydrogen-bond donors (Lipinski definition) is 2. The predicted molar refractivity (Wildman–Crippen MR) is 83.8 cm³/mol. The van der Waals surface area contributed by atoms with Crippen LogP contribution < -0.4 is 10.2 Å². The van der Waals surface area contributed by atoms with E-state index < -0.39 is 5.97 Å². The Morgan fingerprint density at radius 3 is 2.52 bits per heavy atom. The van der Waals surface area contributed by atoms with Crippen LogP contribution in [-0.4, -0.2) is 35.5 Å². The summed E-state index contributed by atoms with van der Waals surface area (Å²) in [4.78, 5) is 37.1. The number of nitrogens with zero attached hydrogens (tertiary/aromatic N) is 1. The molecule has 0 radical (unpaired) electrons. The van der Waals surface area contributed by atoms with E-state index in [1.165, 1.54) is 0 Å². The number of anilines is 1. The van der Waals surface area contributed by atoms with Gasteiger partial charge in [-0.2, -0.15) is 0 Å². The Bertz CT molecular complexity index is 616. The summed E-state index contributed by atoms with van der Waals surface area (Å²) in [5.74, 6) is -1.73. The minimum atomic E-state index is -0.798. The second-order valence-electron chi connectivity index (χ2n) is 6.29. The van der Waals surface area contributed by atoms with Crippen molar-refractivity contribution < 1.29 is 19.5 Å². The Morgan fingerprint density at radius 1 is 1.13 bits per heavy atom. The first-order chi connectivity index (χ1) is 11.0. The van der Waals surface area contributed by atoms with E-state index in [0.29, 0.717) is 25.8 Å². The van der Waals surface area contributed by atoms with Crippen molar-refractivity contribution in [3.05, 3.63) is 30.3 Å². The van der Waals surface area contributed by atoms with E-state index >= 15 is 0 Å². The number of rotatable bonds is 4. The zero-order valence-electron chi connectivity index (χ0n) is 12.8. The maximum absolute atomic E-state index is 12.4. The van der Waals surface area contributed by atoms with E-state index in [0.717, 1.165) is 5.69 Å². The highest BCUT2D eigenvalue weighted by Crippen LogP contribution is 2.28. The van der Waals surface area contributed by atoms with Crippen molar-refractivity contribution in [2.24, 2.45) is 11.8 Å². The van der Waals surface area contributed by atoms with Gasteiger partial charge in [0, 0.05) is 24.7 Å². The first-order valence-electron chi connectivity index (χ1n) is 7.93. The molecular weight excluding hydrogens is 296 g/mol. The third-order valence-corrected chi connectivity index (χ3v) is 4.69. The highest BCUT2D eigenvalue weighted by atomic mass is 16.4. The molecule has 0 bridgehead atoms. The Labute approximate surface area is 134 Å². The zero-order chi connectivity index (χ0) is 16.4. The number of benzene rings is 1. The predicted octanol–water partition coefficient (Wildman–Crippen LogP) is 1.41. The Balaban J connectivity index is 1.57. The van der Waals surface area contributed by atoms with E-state index in [1.807, 2.05) is 30.3 Å². The summed E-state index contributed by atoms with van der Waals surface area (Å²) in [6.45, 7) is 0.379. The van der Waals surface area contributed by atoms with Crippen LogP contribution in [0.25, 0.3) is 0 Å². The third kappa shape index (κ3) is 3.36. The molecule has 3 rings (SSSR count). The molecule has 1 saturated carbocycles. The summed E-state index contributed by atoms with van der Waals surface area (Å²) >= 11 is 0. The van der Waals surface area contributed by atoms with Gasteiger partial charge in [0.2, 0.25) is 11.8 Å². The van der Waals surface area contributed by atoms with Crippen molar-refractivity contribution in [1.82, 2.24) is 5.32 Å². The molecule has 1 aliphatic carbocycles. The lowest BCUT2D eigenvalue weighted by atomic mass is 10.1. The molecule has 0 aromatic heterocycles. The minimum absolute atomic E-state index is 0.0498. The van der Waals surface area contributed by atoms with Crippen molar-refractivity contribution in [1.29, 1.82) is 0 Å². The number of nitrogens with one attached hydrogen (secondary N) is 1. The van der Waals surface area contributed by atoms with Gasteiger partial charge in [-0.1, -0.05) is 18.2 Å². The summed E-state index contributed by atoms with van der Waals surface area (Å²) < 4.78 is 0. The van der Waals surface area contributed by atoms with Gasteiger partial charge in [0.05, 0.1) is 11.8 Å². The smallest absolute Gasteiger partial charge is 0.306 e. The van der Waals surface area contributed by atoms with Crippen LogP contribution in [0.3, 0.4) is 0 Å². The third-order valence-electron chi connectivity index (χ3n) is 4.69. The van der Waals surface area contributed by atoms with E-state index in [9.17, 15) is 14.4 Å². The summed E-state index contributed by atoms with van der Waals surface area (Å²) in [5, 5.41) is 11.9. The maximum atomic E-state index is 12.4. The summed E-state index contributed by atoms with van der Waals surface area (Å²) in [5.41, 5.74) is 0.805. The Hall–Kier alpha value is -2.37. The molecule has 2 amide bonds. The topological polar surface area (TPSA) is 86.7 Å². The van der Waals surface area contributed by atoms with Crippen LogP contribution in [-0.2, 0) is 14.4 Å². The van der Waals surface area contributed by atoms with Gasteiger partial charge in [-0.05, 0) is 31.4 Å². The molecule has 1 aromatic rings. The van der Waals surface area contributed by atoms with Crippen molar-refractivity contribution in [3.63, 3.8) is 0 Å². The van der Waals surface area contributed by atoms with Crippen LogP contribution in [0, 0.1) is 11.8 Å². The molecule has 1 aromatic carbocycles. The molecule has 6 nitrogen and oxygen atoms in total. The highest BCUT2D eigenvalue weighted by Gasteiger charge is 2.37. The number of carboxylic acids is 1. The molecule has 6 heteroatoms. The average Bonchev–Trinajstić information content (AvgIpc) is 3.15. The molecule has 122 valence electrons. The lowest BCUT2D eigenvalue weighted by Gasteiger charge is -2.18. The second kappa shape index (κ2) is 6.40. The summed E-state index contributed by atoms with van der Waals surface area (Å²) in [6, 6.07) is 9.22. The standard InChI is InChI=1S/C17H20N2O4/c20-15-9-12(10-19(15)14-4-2-1-3-5-14)16(21)18-13-7-6-11(8-13)17(22)23/h1-5,11-13H,6-10H2,(H,18,21)(H,22,23)/t11-,12?,13+/m1/s1. The Morgan fingerprint density at radius 2 is 1.87 bits per heavy atom. The number of aliphatic carboxylic acids is 1. The molecule has 1 heterocycles. The molecule has 2 fully saturated rings. The van der Waals surface area contributed by atoms with Gasteiger partial charge in [0.25, 0.3) is 0 Å². The van der Waals surface area contributed by atoms with Gasteiger partial charge in [0.15, 0.2) is 0 Å². The number of para-hydroxylation sites is 1. The number of amides is 2. The van der Waals surface area contributed by atoms with Gasteiger partial charge < -0.3 is 15.3 Å². The molecule has 1 saturated heterocycles. The number of hydrogen-bond acceptors (Lipinski definition) is 3. The average molecular weight is 316 g/mol. The van der Waals surface area contributed by atoms with Crippen LogP contribution in [0.15, 0.2) is 30.3 Å². The van der Waals surface area contributed by atoms with Crippen molar-refractivity contribution in [3.8, 4) is 0 Å². The molecule has 3 atom stereocenters. The lowest BCUT2D eigenvalue weighted by molar-refractivity contribution is -0.141. The normalized spacial score (nSPS) is 27.2. The fourth-order valence-corrected chi connectivity index (χ4v) is 3.40. The maximum Gasteiger partial charge on any atom is 0.306 e. The van der Waals surface area contributed by atoms with Crippen molar-refractivity contribution >= 4 is 23.5 Å². The number of carbonyl (C=O) groups is 3. The van der Waals surface area contributed by atoms with Crippen LogP contribution >= 0.6 is 0 Å². The van der Waals surface area contributed by atoms with E-state index in [1.54, 1.807) is 4.90 Å². The lowest BCUT2D eigenvalue weighted by Crippen LogP contribution is -2.39. The first-order valence-corrected chi connectivity index (χ1v) is 7.93. The van der Waals surface area contributed by atoms with Crippen LogP contribution in [0.2, 0.25) is 0 Å². The van der Waals surface area contributed by atoms with Crippen LogP contribution in [0.1, 0.15) is 25.7 Å². The van der Waals surface area contributed by atoms with Crippen molar-refractivity contribution in [2.75, 3.05) is 11.4 Å². The van der Waals surface area contributed by atoms with Gasteiger partial charge >= 0.3 is 5.97 Å². The second-order valence-corrected chi connectivity index (χ2v) is 6.29. The molecular formula is C17H20N2O4. The summed E-state index contributed by atoms with van der Waals surface area (Å²) in [7, 11) is 0. The van der Waals surface area contributed by atoms with Gasteiger partial charge in [-0.15, -0.1) is 0 Å². The monoisotopic (exact) mass is 316 g/mol. The highest BCUT2D eigenvalue weighted by molar-refractivity contribution is 6.00. The first kappa shape index (κ1) is 15.5. The fourth-order valence-electron chi connectivity index (χ4n) is 3.40. The molecule has 23 heavy (non-hydrogen) atoms. The van der Waals surface area contributed by atoms with Gasteiger partial charge in [-0.3, -0.25) is 14.4 Å². The Kier molecular flexibility index (Phi) is 4.32. The molecule has 1 aliphatic heterocycles. The number of carboxylic acid groups (broad SMARTS) is 1.